The Morgan fingerprint density at radius 1 is 1.21 bits per heavy atom. The maximum atomic E-state index is 11.3. The minimum absolute atomic E-state index is 0.0435. The van der Waals surface area contributed by atoms with Crippen LogP contribution in [0.25, 0.3) is 0 Å². The van der Waals surface area contributed by atoms with Crippen LogP contribution < -0.4 is 14.4 Å². The van der Waals surface area contributed by atoms with E-state index in [2.05, 4.69) is 4.98 Å². The highest BCUT2D eigenvalue weighted by atomic mass is 16.6. The van der Waals surface area contributed by atoms with Gasteiger partial charge in [-0.15, -0.1) is 0 Å². The molecule has 0 N–H and O–H groups in total. The molecule has 3 heterocycles. The van der Waals surface area contributed by atoms with Gasteiger partial charge < -0.3 is 14.4 Å². The van der Waals surface area contributed by atoms with Crippen molar-refractivity contribution in [1.29, 1.82) is 0 Å². The van der Waals surface area contributed by atoms with Crippen molar-refractivity contribution in [2.45, 2.75) is 18.9 Å². The van der Waals surface area contributed by atoms with Crippen LogP contribution in [0.3, 0.4) is 0 Å². The number of hydrogen-bond acceptors (Lipinski definition) is 6. The second-order valence-corrected chi connectivity index (χ2v) is 5.86. The Hall–Kier alpha value is -2.83. The monoisotopic (exact) mass is 327 g/mol. The van der Waals surface area contributed by atoms with Gasteiger partial charge in [-0.05, 0) is 36.6 Å². The fourth-order valence-corrected chi connectivity index (χ4v) is 3.39. The lowest BCUT2D eigenvalue weighted by Gasteiger charge is -2.27. The molecule has 124 valence electrons. The van der Waals surface area contributed by atoms with E-state index in [1.54, 1.807) is 12.3 Å². The van der Waals surface area contributed by atoms with Crippen LogP contribution in [0.5, 0.6) is 11.5 Å². The molecule has 2 aliphatic rings. The van der Waals surface area contributed by atoms with E-state index in [1.165, 1.54) is 6.07 Å². The Morgan fingerprint density at radius 3 is 2.88 bits per heavy atom. The highest BCUT2D eigenvalue weighted by Gasteiger charge is 2.32. The second kappa shape index (κ2) is 5.99. The third kappa shape index (κ3) is 2.51. The van der Waals surface area contributed by atoms with Crippen molar-refractivity contribution in [2.75, 3.05) is 24.7 Å². The van der Waals surface area contributed by atoms with Crippen molar-refractivity contribution < 1.29 is 14.4 Å². The molecule has 0 aliphatic carbocycles. The van der Waals surface area contributed by atoms with Crippen LogP contribution in [0.2, 0.25) is 0 Å². The molecule has 24 heavy (non-hydrogen) atoms. The van der Waals surface area contributed by atoms with Gasteiger partial charge in [-0.2, -0.15) is 0 Å². The summed E-state index contributed by atoms with van der Waals surface area (Å²) < 4.78 is 11.2. The Morgan fingerprint density at radius 2 is 2.04 bits per heavy atom. The van der Waals surface area contributed by atoms with Gasteiger partial charge in [0.1, 0.15) is 13.2 Å². The van der Waals surface area contributed by atoms with E-state index in [0.717, 1.165) is 36.4 Å². The first-order valence-corrected chi connectivity index (χ1v) is 7.99. The van der Waals surface area contributed by atoms with Crippen molar-refractivity contribution in [3.05, 3.63) is 52.2 Å². The number of pyridine rings is 1. The summed E-state index contributed by atoms with van der Waals surface area (Å²) in [5.74, 6) is 1.92. The van der Waals surface area contributed by atoms with Crippen LogP contribution in [0, 0.1) is 10.1 Å². The summed E-state index contributed by atoms with van der Waals surface area (Å²) in [7, 11) is 0. The van der Waals surface area contributed by atoms with Gasteiger partial charge in [-0.25, -0.2) is 4.98 Å². The molecule has 0 spiro atoms. The SMILES string of the molecule is O=[N+]([O-])c1cccnc1N1CCCC1c1ccc2c(c1)OCCO2. The predicted octanol–water partition coefficient (Wildman–Crippen LogP) is 3.10. The van der Waals surface area contributed by atoms with Crippen LogP contribution in [-0.4, -0.2) is 29.7 Å². The standard InChI is InChI=1S/C17H17N3O4/c21-20(22)14-3-1-7-18-17(14)19-8-2-4-13(19)12-5-6-15-16(11-12)24-10-9-23-15/h1,3,5-7,11,13H,2,4,8-10H2. The van der Waals surface area contributed by atoms with Crippen molar-refractivity contribution in [2.24, 2.45) is 0 Å². The molecule has 2 aromatic rings. The molecule has 1 aromatic carbocycles. The van der Waals surface area contributed by atoms with Gasteiger partial charge in [-0.1, -0.05) is 6.07 Å². The molecule has 4 rings (SSSR count). The topological polar surface area (TPSA) is 77.7 Å². The van der Waals surface area contributed by atoms with Crippen LogP contribution in [0.4, 0.5) is 11.5 Å². The number of nitro groups is 1. The maximum absolute atomic E-state index is 11.3. The lowest BCUT2D eigenvalue weighted by atomic mass is 10.0. The summed E-state index contributed by atoms with van der Waals surface area (Å²) in [4.78, 5) is 17.2. The lowest BCUT2D eigenvalue weighted by Crippen LogP contribution is -2.24. The molecule has 0 amide bonds. The first-order valence-electron chi connectivity index (χ1n) is 7.99. The highest BCUT2D eigenvalue weighted by Crippen LogP contribution is 2.41. The predicted molar refractivity (Wildman–Crippen MR) is 87.6 cm³/mol. The Balaban J connectivity index is 1.70. The zero-order valence-electron chi connectivity index (χ0n) is 13.1. The molecule has 2 aliphatic heterocycles. The van der Waals surface area contributed by atoms with Crippen LogP contribution in [0.15, 0.2) is 36.5 Å². The summed E-state index contributed by atoms with van der Waals surface area (Å²) in [6.07, 6.45) is 3.49. The Labute approximate surface area is 139 Å². The lowest BCUT2D eigenvalue weighted by molar-refractivity contribution is -0.384. The minimum atomic E-state index is -0.373. The fraction of sp³-hybridized carbons (Fsp3) is 0.353. The van der Waals surface area contributed by atoms with Crippen LogP contribution >= 0.6 is 0 Å². The minimum Gasteiger partial charge on any atom is -0.486 e. The molecule has 7 heteroatoms. The third-order valence-electron chi connectivity index (χ3n) is 4.44. The molecular formula is C17H17N3O4. The van der Waals surface area contributed by atoms with E-state index in [1.807, 2.05) is 23.1 Å². The van der Waals surface area contributed by atoms with Gasteiger partial charge in [0.2, 0.25) is 5.82 Å². The normalized spacial score (nSPS) is 19.3. The number of ether oxygens (including phenoxy) is 2. The van der Waals surface area contributed by atoms with Crippen molar-refractivity contribution in [3.63, 3.8) is 0 Å². The zero-order valence-corrected chi connectivity index (χ0v) is 13.1. The molecular weight excluding hydrogens is 310 g/mol. The maximum Gasteiger partial charge on any atom is 0.311 e. The molecule has 0 bridgehead atoms. The van der Waals surface area contributed by atoms with Gasteiger partial charge in [0.15, 0.2) is 11.5 Å². The van der Waals surface area contributed by atoms with E-state index >= 15 is 0 Å². The molecule has 1 atom stereocenters. The summed E-state index contributed by atoms with van der Waals surface area (Å²) in [5.41, 5.74) is 1.11. The molecule has 1 fully saturated rings. The average Bonchev–Trinajstić information content (AvgIpc) is 3.11. The Bertz CT molecular complexity index is 780. The van der Waals surface area contributed by atoms with E-state index in [9.17, 15) is 10.1 Å². The summed E-state index contributed by atoms with van der Waals surface area (Å²) in [6.45, 7) is 1.84. The van der Waals surface area contributed by atoms with E-state index in [4.69, 9.17) is 9.47 Å². The number of aromatic nitrogens is 1. The second-order valence-electron chi connectivity index (χ2n) is 5.86. The smallest absolute Gasteiger partial charge is 0.311 e. The highest BCUT2D eigenvalue weighted by molar-refractivity contribution is 5.60. The quantitative estimate of drug-likeness (QED) is 0.637. The van der Waals surface area contributed by atoms with E-state index in [0.29, 0.717) is 19.0 Å². The number of fused-ring (bicyclic) bond motifs is 1. The number of hydrogen-bond donors (Lipinski definition) is 0. The largest absolute Gasteiger partial charge is 0.486 e. The van der Waals surface area contributed by atoms with Gasteiger partial charge in [0, 0.05) is 18.8 Å². The van der Waals surface area contributed by atoms with Crippen molar-refractivity contribution in [1.82, 2.24) is 4.98 Å². The van der Waals surface area contributed by atoms with Gasteiger partial charge in [0.05, 0.1) is 11.0 Å². The zero-order chi connectivity index (χ0) is 16.5. The first kappa shape index (κ1) is 14.7. The van der Waals surface area contributed by atoms with Gasteiger partial charge in [-0.3, -0.25) is 10.1 Å². The molecule has 1 unspecified atom stereocenters. The molecule has 1 aromatic heterocycles. The fourth-order valence-electron chi connectivity index (χ4n) is 3.39. The van der Waals surface area contributed by atoms with Gasteiger partial charge >= 0.3 is 5.69 Å². The molecule has 1 saturated heterocycles. The Kier molecular flexibility index (Phi) is 3.68. The third-order valence-corrected chi connectivity index (χ3v) is 4.44. The van der Waals surface area contributed by atoms with Crippen molar-refractivity contribution in [3.8, 4) is 11.5 Å². The average molecular weight is 327 g/mol. The number of benzene rings is 1. The summed E-state index contributed by atoms with van der Waals surface area (Å²) in [6, 6.07) is 9.04. The number of anilines is 1. The van der Waals surface area contributed by atoms with E-state index in [-0.39, 0.29) is 16.7 Å². The van der Waals surface area contributed by atoms with Crippen LogP contribution in [0.1, 0.15) is 24.4 Å². The van der Waals surface area contributed by atoms with Gasteiger partial charge in [0.25, 0.3) is 0 Å². The first-order chi connectivity index (χ1) is 11.7. The van der Waals surface area contributed by atoms with Crippen molar-refractivity contribution >= 4 is 11.5 Å². The molecule has 0 saturated carbocycles. The molecule has 0 radical (unpaired) electrons. The van der Waals surface area contributed by atoms with Crippen LogP contribution in [-0.2, 0) is 0 Å². The van der Waals surface area contributed by atoms with E-state index < -0.39 is 0 Å². The summed E-state index contributed by atoms with van der Waals surface area (Å²) >= 11 is 0. The summed E-state index contributed by atoms with van der Waals surface area (Å²) in [5, 5.41) is 11.3. The number of rotatable bonds is 3. The molecule has 7 nitrogen and oxygen atoms in total. The number of nitrogens with zero attached hydrogens (tertiary/aromatic N) is 3.